The van der Waals surface area contributed by atoms with Crippen molar-refractivity contribution in [2.45, 2.75) is 13.5 Å². The highest BCUT2D eigenvalue weighted by Gasteiger charge is 2.21. The van der Waals surface area contributed by atoms with Gasteiger partial charge in [0.1, 0.15) is 5.15 Å². The van der Waals surface area contributed by atoms with Gasteiger partial charge in [0.25, 0.3) is 0 Å². The molecule has 0 bridgehead atoms. The summed E-state index contributed by atoms with van der Waals surface area (Å²) in [5.74, 6) is 0.593. The van der Waals surface area contributed by atoms with Gasteiger partial charge in [0.05, 0.1) is 12.0 Å². The number of pyridine rings is 2. The van der Waals surface area contributed by atoms with E-state index in [-0.39, 0.29) is 11.5 Å². The minimum atomic E-state index is -0.454. The number of anilines is 1. The number of halogens is 1. The minimum absolute atomic E-state index is 0.0652. The van der Waals surface area contributed by atoms with Gasteiger partial charge in [-0.2, -0.15) is 4.98 Å². The molecule has 2 aromatic rings. The van der Waals surface area contributed by atoms with Crippen molar-refractivity contribution in [2.75, 3.05) is 18.6 Å². The highest BCUT2D eigenvalue weighted by Crippen LogP contribution is 2.29. The zero-order valence-corrected chi connectivity index (χ0v) is 12.9. The third kappa shape index (κ3) is 3.62. The van der Waals surface area contributed by atoms with Gasteiger partial charge in [0.15, 0.2) is 0 Å². The molecule has 0 aliphatic carbocycles. The largest absolute Gasteiger partial charge is 0.481 e. The first kappa shape index (κ1) is 16.0. The average molecular weight is 323 g/mol. The molecule has 2 rings (SSSR count). The molecule has 2 aromatic heterocycles. The molecule has 0 atom stereocenters. The molecular formula is C14H15ClN4O3. The number of rotatable bonds is 6. The van der Waals surface area contributed by atoms with Crippen molar-refractivity contribution in [3.8, 4) is 5.88 Å². The van der Waals surface area contributed by atoms with E-state index in [1.165, 1.54) is 19.2 Å². The first-order valence-electron chi connectivity index (χ1n) is 6.60. The molecule has 0 aromatic carbocycles. The van der Waals surface area contributed by atoms with Crippen LogP contribution in [0.2, 0.25) is 5.15 Å². The van der Waals surface area contributed by atoms with Crippen LogP contribution in [0.1, 0.15) is 12.5 Å². The zero-order valence-electron chi connectivity index (χ0n) is 12.2. The maximum absolute atomic E-state index is 11.2. The SMILES string of the molecule is CCN(Cc1ccc(Cl)nc1)c1nc(OC)ccc1[N+](=O)[O-]. The second-order valence-electron chi connectivity index (χ2n) is 4.46. The second kappa shape index (κ2) is 7.04. The summed E-state index contributed by atoms with van der Waals surface area (Å²) in [6, 6.07) is 6.37. The Morgan fingerprint density at radius 1 is 1.36 bits per heavy atom. The highest BCUT2D eigenvalue weighted by molar-refractivity contribution is 6.29. The van der Waals surface area contributed by atoms with E-state index in [2.05, 4.69) is 9.97 Å². The van der Waals surface area contributed by atoms with Crippen molar-refractivity contribution in [1.29, 1.82) is 0 Å². The summed E-state index contributed by atoms with van der Waals surface area (Å²) < 4.78 is 5.06. The molecule has 0 saturated carbocycles. The average Bonchev–Trinajstić information content (AvgIpc) is 2.53. The van der Waals surface area contributed by atoms with Crippen LogP contribution in [0.15, 0.2) is 30.5 Å². The Labute approximate surface area is 132 Å². The van der Waals surface area contributed by atoms with Crippen LogP contribution in [-0.2, 0) is 6.54 Å². The number of ether oxygens (including phenoxy) is 1. The quantitative estimate of drug-likeness (QED) is 0.462. The lowest BCUT2D eigenvalue weighted by Gasteiger charge is -2.22. The fourth-order valence-electron chi connectivity index (χ4n) is 1.97. The summed E-state index contributed by atoms with van der Waals surface area (Å²) >= 11 is 5.76. The van der Waals surface area contributed by atoms with Crippen molar-refractivity contribution in [3.05, 3.63) is 51.3 Å². The number of nitrogens with zero attached hydrogens (tertiary/aromatic N) is 4. The van der Waals surface area contributed by atoms with E-state index in [4.69, 9.17) is 16.3 Å². The van der Waals surface area contributed by atoms with Crippen molar-refractivity contribution in [2.24, 2.45) is 0 Å². The highest BCUT2D eigenvalue weighted by atomic mass is 35.5. The Balaban J connectivity index is 2.36. The summed E-state index contributed by atoms with van der Waals surface area (Å²) in [5.41, 5.74) is 0.815. The first-order chi connectivity index (χ1) is 10.5. The van der Waals surface area contributed by atoms with Crippen LogP contribution < -0.4 is 9.64 Å². The number of hydrogen-bond acceptors (Lipinski definition) is 6. The number of hydrogen-bond donors (Lipinski definition) is 0. The van der Waals surface area contributed by atoms with Gasteiger partial charge < -0.3 is 9.64 Å². The van der Waals surface area contributed by atoms with Crippen molar-refractivity contribution in [3.63, 3.8) is 0 Å². The van der Waals surface area contributed by atoms with Crippen LogP contribution in [0, 0.1) is 10.1 Å². The molecular weight excluding hydrogens is 308 g/mol. The maximum Gasteiger partial charge on any atom is 0.311 e. The third-order valence-electron chi connectivity index (χ3n) is 3.08. The van der Waals surface area contributed by atoms with E-state index in [1.807, 2.05) is 13.0 Å². The van der Waals surface area contributed by atoms with E-state index in [0.29, 0.717) is 24.1 Å². The summed E-state index contributed by atoms with van der Waals surface area (Å²) in [6.45, 7) is 2.87. The Morgan fingerprint density at radius 2 is 2.14 bits per heavy atom. The van der Waals surface area contributed by atoms with Gasteiger partial charge in [-0.15, -0.1) is 0 Å². The van der Waals surface area contributed by atoms with Gasteiger partial charge in [-0.1, -0.05) is 17.7 Å². The molecule has 0 spiro atoms. The third-order valence-corrected chi connectivity index (χ3v) is 3.30. The topological polar surface area (TPSA) is 81.4 Å². The van der Waals surface area contributed by atoms with Crippen molar-refractivity contribution >= 4 is 23.1 Å². The molecule has 0 unspecified atom stereocenters. The molecule has 0 saturated heterocycles. The summed E-state index contributed by atoms with van der Waals surface area (Å²) in [5, 5.41) is 11.6. The lowest BCUT2D eigenvalue weighted by atomic mass is 10.2. The van der Waals surface area contributed by atoms with Gasteiger partial charge in [0, 0.05) is 31.4 Å². The van der Waals surface area contributed by atoms with Gasteiger partial charge >= 0.3 is 5.69 Å². The van der Waals surface area contributed by atoms with Crippen LogP contribution in [-0.4, -0.2) is 28.5 Å². The Bertz CT molecular complexity index is 664. The molecule has 8 heteroatoms. The van der Waals surface area contributed by atoms with Gasteiger partial charge in [-0.05, 0) is 18.6 Å². The van der Waals surface area contributed by atoms with Crippen LogP contribution in [0.25, 0.3) is 0 Å². The lowest BCUT2D eigenvalue weighted by molar-refractivity contribution is -0.384. The molecule has 2 heterocycles. The molecule has 0 aliphatic heterocycles. The lowest BCUT2D eigenvalue weighted by Crippen LogP contribution is -2.24. The summed E-state index contributed by atoms with van der Waals surface area (Å²) in [4.78, 5) is 20.8. The molecule has 7 nitrogen and oxygen atoms in total. The normalized spacial score (nSPS) is 10.3. The van der Waals surface area contributed by atoms with Crippen LogP contribution >= 0.6 is 11.6 Å². The summed E-state index contributed by atoms with van der Waals surface area (Å²) in [6.07, 6.45) is 1.64. The molecule has 22 heavy (non-hydrogen) atoms. The maximum atomic E-state index is 11.2. The fourth-order valence-corrected chi connectivity index (χ4v) is 2.08. The first-order valence-corrected chi connectivity index (χ1v) is 6.97. The number of aromatic nitrogens is 2. The van der Waals surface area contributed by atoms with E-state index in [0.717, 1.165) is 5.56 Å². The Hall–Kier alpha value is -2.41. The fraction of sp³-hybridized carbons (Fsp3) is 0.286. The van der Waals surface area contributed by atoms with E-state index in [9.17, 15) is 10.1 Å². The molecule has 0 fully saturated rings. The Kier molecular flexibility index (Phi) is 5.11. The smallest absolute Gasteiger partial charge is 0.311 e. The zero-order chi connectivity index (χ0) is 16.1. The van der Waals surface area contributed by atoms with Crippen LogP contribution in [0.3, 0.4) is 0 Å². The Morgan fingerprint density at radius 3 is 2.68 bits per heavy atom. The molecule has 0 amide bonds. The predicted molar refractivity (Wildman–Crippen MR) is 83.4 cm³/mol. The van der Waals surface area contributed by atoms with Crippen LogP contribution in [0.4, 0.5) is 11.5 Å². The predicted octanol–water partition coefficient (Wildman–Crippen LogP) is 3.07. The standard InChI is InChI=1S/C14H15ClN4O3/c1-3-18(9-10-4-6-12(15)16-8-10)14-11(19(20)21)5-7-13(17-14)22-2/h4-8H,3,9H2,1-2H3. The van der Waals surface area contributed by atoms with Crippen LogP contribution in [0.5, 0.6) is 5.88 Å². The molecule has 116 valence electrons. The molecule has 0 N–H and O–H groups in total. The summed E-state index contributed by atoms with van der Waals surface area (Å²) in [7, 11) is 1.47. The second-order valence-corrected chi connectivity index (χ2v) is 4.84. The molecule has 0 radical (unpaired) electrons. The van der Waals surface area contributed by atoms with Gasteiger partial charge in [-0.25, -0.2) is 4.98 Å². The van der Waals surface area contributed by atoms with Crippen molar-refractivity contribution in [1.82, 2.24) is 9.97 Å². The van der Waals surface area contributed by atoms with E-state index in [1.54, 1.807) is 17.2 Å². The minimum Gasteiger partial charge on any atom is -0.481 e. The van der Waals surface area contributed by atoms with Gasteiger partial charge in [-0.3, -0.25) is 10.1 Å². The van der Waals surface area contributed by atoms with Gasteiger partial charge in [0.2, 0.25) is 11.7 Å². The van der Waals surface area contributed by atoms with E-state index < -0.39 is 4.92 Å². The number of nitro groups is 1. The monoisotopic (exact) mass is 322 g/mol. The molecule has 0 aliphatic rings. The van der Waals surface area contributed by atoms with Crippen molar-refractivity contribution < 1.29 is 9.66 Å². The number of methoxy groups -OCH3 is 1. The van der Waals surface area contributed by atoms with E-state index >= 15 is 0 Å².